The molecule has 3 N–H and O–H groups in total. The number of halogens is 1. The molecule has 0 fully saturated rings. The minimum absolute atomic E-state index is 0.101. The van der Waals surface area contributed by atoms with Crippen molar-refractivity contribution in [2.45, 2.75) is 13.0 Å². The van der Waals surface area contributed by atoms with Gasteiger partial charge in [0, 0.05) is 17.1 Å². The van der Waals surface area contributed by atoms with Crippen molar-refractivity contribution in [2.75, 3.05) is 11.1 Å². The molecule has 8 heteroatoms. The Morgan fingerprint density at radius 1 is 1.14 bits per heavy atom. The minimum Gasteiger partial charge on any atom is -0.382 e. The number of hydrogen-bond acceptors (Lipinski definition) is 7. The van der Waals surface area contributed by atoms with E-state index in [1.165, 1.54) is 18.5 Å². The number of nitrogens with one attached hydrogen (secondary N) is 1. The number of benzene rings is 1. The fraction of sp³-hybridized carbons (Fsp3) is 0.0952. The summed E-state index contributed by atoms with van der Waals surface area (Å²) in [6.45, 7) is 1.89. The molecule has 29 heavy (non-hydrogen) atoms. The van der Waals surface area contributed by atoms with Gasteiger partial charge in [-0.3, -0.25) is 4.98 Å². The van der Waals surface area contributed by atoms with E-state index in [0.717, 1.165) is 5.56 Å². The molecule has 0 amide bonds. The number of nitrogen functional groups attached to an aromatic ring is 1. The third kappa shape index (κ3) is 3.53. The first kappa shape index (κ1) is 18.3. The Bertz CT molecular complexity index is 1240. The summed E-state index contributed by atoms with van der Waals surface area (Å²) in [5.74, 6) is 0.0879. The van der Waals surface area contributed by atoms with Crippen molar-refractivity contribution in [3.8, 4) is 17.3 Å². The van der Waals surface area contributed by atoms with Crippen LogP contribution in [-0.2, 0) is 0 Å². The monoisotopic (exact) mass is 385 g/mol. The van der Waals surface area contributed by atoms with E-state index in [0.29, 0.717) is 28.1 Å². The van der Waals surface area contributed by atoms with Crippen molar-refractivity contribution < 1.29 is 4.39 Å². The molecular formula is C21H16FN7. The molecule has 3 aromatic heterocycles. The van der Waals surface area contributed by atoms with Gasteiger partial charge in [-0.1, -0.05) is 6.07 Å². The van der Waals surface area contributed by atoms with E-state index in [-0.39, 0.29) is 23.2 Å². The van der Waals surface area contributed by atoms with Crippen LogP contribution >= 0.6 is 0 Å². The fourth-order valence-corrected chi connectivity index (χ4v) is 3.11. The second kappa shape index (κ2) is 7.48. The average molecular weight is 385 g/mol. The predicted molar refractivity (Wildman–Crippen MR) is 108 cm³/mol. The van der Waals surface area contributed by atoms with Gasteiger partial charge in [0.15, 0.2) is 0 Å². The van der Waals surface area contributed by atoms with E-state index in [9.17, 15) is 9.65 Å². The van der Waals surface area contributed by atoms with Gasteiger partial charge in [-0.15, -0.1) is 0 Å². The normalized spacial score (nSPS) is 11.8. The first-order chi connectivity index (χ1) is 14.1. The average Bonchev–Trinajstić information content (AvgIpc) is 2.73. The van der Waals surface area contributed by atoms with Crippen LogP contribution in [0, 0.1) is 17.1 Å². The zero-order valence-corrected chi connectivity index (χ0v) is 15.5. The van der Waals surface area contributed by atoms with Gasteiger partial charge in [-0.2, -0.15) is 5.26 Å². The molecule has 0 aliphatic carbocycles. The zero-order valence-electron chi connectivity index (χ0n) is 15.5. The van der Waals surface area contributed by atoms with Gasteiger partial charge >= 0.3 is 0 Å². The van der Waals surface area contributed by atoms with Gasteiger partial charge in [0.1, 0.15) is 35.4 Å². The molecule has 1 unspecified atom stereocenters. The number of rotatable bonds is 4. The van der Waals surface area contributed by atoms with Crippen LogP contribution in [0.5, 0.6) is 0 Å². The van der Waals surface area contributed by atoms with Crippen molar-refractivity contribution in [1.82, 2.24) is 19.9 Å². The topological polar surface area (TPSA) is 113 Å². The number of nitrogens with two attached hydrogens (primary N) is 1. The summed E-state index contributed by atoms with van der Waals surface area (Å²) in [5.41, 5.74) is 8.74. The van der Waals surface area contributed by atoms with Gasteiger partial charge in [-0.05, 0) is 43.3 Å². The summed E-state index contributed by atoms with van der Waals surface area (Å²) in [5, 5.41) is 13.2. The third-order valence-electron chi connectivity index (χ3n) is 4.50. The summed E-state index contributed by atoms with van der Waals surface area (Å²) in [6, 6.07) is 13.5. The van der Waals surface area contributed by atoms with Crippen molar-refractivity contribution in [2.24, 2.45) is 0 Å². The first-order valence-electron chi connectivity index (χ1n) is 8.85. The smallest absolute Gasteiger partial charge is 0.150 e. The quantitative estimate of drug-likeness (QED) is 0.548. The van der Waals surface area contributed by atoms with Crippen molar-refractivity contribution in [1.29, 1.82) is 5.26 Å². The number of nitriles is 1. The van der Waals surface area contributed by atoms with Crippen LogP contribution in [0.3, 0.4) is 0 Å². The van der Waals surface area contributed by atoms with Crippen LogP contribution in [0.2, 0.25) is 0 Å². The second-order valence-electron chi connectivity index (χ2n) is 6.43. The van der Waals surface area contributed by atoms with Crippen molar-refractivity contribution in [3.05, 3.63) is 72.1 Å². The van der Waals surface area contributed by atoms with Gasteiger partial charge in [-0.25, -0.2) is 19.3 Å². The molecule has 0 bridgehead atoms. The van der Waals surface area contributed by atoms with E-state index in [2.05, 4.69) is 20.3 Å². The van der Waals surface area contributed by atoms with Crippen LogP contribution in [0.25, 0.3) is 22.2 Å². The lowest BCUT2D eigenvalue weighted by Gasteiger charge is -2.19. The molecule has 3 heterocycles. The SMILES string of the molecule is CC(Nc1ncnc(N)c1C#N)c1nc2ccc(F)cc2cc1-c1ccccn1. The number of nitrogens with zero attached hydrogens (tertiary/aromatic N) is 5. The summed E-state index contributed by atoms with van der Waals surface area (Å²) in [7, 11) is 0. The Kier molecular flexibility index (Phi) is 4.71. The van der Waals surface area contributed by atoms with Crippen LogP contribution < -0.4 is 11.1 Å². The Balaban J connectivity index is 1.85. The highest BCUT2D eigenvalue weighted by Crippen LogP contribution is 2.31. The highest BCUT2D eigenvalue weighted by Gasteiger charge is 2.19. The predicted octanol–water partition coefficient (Wildman–Crippen LogP) is 3.85. The lowest BCUT2D eigenvalue weighted by molar-refractivity contribution is 0.629. The molecule has 1 atom stereocenters. The number of aromatic nitrogens is 4. The Morgan fingerprint density at radius 2 is 2.00 bits per heavy atom. The van der Waals surface area contributed by atoms with Crippen LogP contribution in [0.15, 0.2) is 55.0 Å². The molecule has 0 radical (unpaired) electrons. The van der Waals surface area contributed by atoms with Crippen LogP contribution in [0.1, 0.15) is 24.2 Å². The highest BCUT2D eigenvalue weighted by atomic mass is 19.1. The van der Waals surface area contributed by atoms with Gasteiger partial charge < -0.3 is 11.1 Å². The largest absolute Gasteiger partial charge is 0.382 e. The summed E-state index contributed by atoms with van der Waals surface area (Å²) in [4.78, 5) is 17.1. The van der Waals surface area contributed by atoms with E-state index < -0.39 is 0 Å². The summed E-state index contributed by atoms with van der Waals surface area (Å²) in [6.07, 6.45) is 2.98. The zero-order chi connectivity index (χ0) is 20.4. The Hall–Kier alpha value is -4.12. The maximum absolute atomic E-state index is 13.7. The number of fused-ring (bicyclic) bond motifs is 1. The third-order valence-corrected chi connectivity index (χ3v) is 4.50. The molecular weight excluding hydrogens is 369 g/mol. The molecule has 4 rings (SSSR count). The standard InChI is InChI=1S/C21H16FN7/c1-12(28-21-16(10-23)20(24)26-11-27-21)19-15(18-4-2-3-7-25-18)9-13-8-14(22)5-6-17(13)29-19/h2-9,11-12H,1H3,(H3,24,26,27,28). The van der Waals surface area contributed by atoms with Gasteiger partial charge in [0.2, 0.25) is 0 Å². The number of hydrogen-bond donors (Lipinski definition) is 2. The molecule has 0 saturated heterocycles. The van der Waals surface area contributed by atoms with E-state index in [1.54, 1.807) is 12.3 Å². The fourth-order valence-electron chi connectivity index (χ4n) is 3.11. The van der Waals surface area contributed by atoms with Crippen molar-refractivity contribution in [3.63, 3.8) is 0 Å². The molecule has 4 aromatic rings. The highest BCUT2D eigenvalue weighted by molar-refractivity contribution is 5.84. The Morgan fingerprint density at radius 3 is 2.76 bits per heavy atom. The number of pyridine rings is 2. The Labute approximate surface area is 166 Å². The maximum atomic E-state index is 13.7. The first-order valence-corrected chi connectivity index (χ1v) is 8.85. The molecule has 0 saturated carbocycles. The minimum atomic E-state index is -0.345. The van der Waals surface area contributed by atoms with Gasteiger partial charge in [0.05, 0.1) is 22.9 Å². The summed E-state index contributed by atoms with van der Waals surface area (Å²) < 4.78 is 13.7. The molecule has 7 nitrogen and oxygen atoms in total. The maximum Gasteiger partial charge on any atom is 0.150 e. The molecule has 142 valence electrons. The lowest BCUT2D eigenvalue weighted by Crippen LogP contribution is -2.14. The number of anilines is 2. The molecule has 0 aliphatic rings. The lowest BCUT2D eigenvalue weighted by atomic mass is 10.0. The second-order valence-corrected chi connectivity index (χ2v) is 6.43. The molecule has 1 aromatic carbocycles. The molecule has 0 spiro atoms. The van der Waals surface area contributed by atoms with Crippen molar-refractivity contribution >= 4 is 22.5 Å². The van der Waals surface area contributed by atoms with Crippen LogP contribution in [-0.4, -0.2) is 19.9 Å². The van der Waals surface area contributed by atoms with Crippen LogP contribution in [0.4, 0.5) is 16.0 Å². The van der Waals surface area contributed by atoms with E-state index in [4.69, 9.17) is 10.7 Å². The van der Waals surface area contributed by atoms with E-state index >= 15 is 0 Å². The van der Waals surface area contributed by atoms with E-state index in [1.807, 2.05) is 37.3 Å². The van der Waals surface area contributed by atoms with Gasteiger partial charge in [0.25, 0.3) is 0 Å². The molecule has 0 aliphatic heterocycles. The summed E-state index contributed by atoms with van der Waals surface area (Å²) >= 11 is 0.